The SMILES string of the molecule is CN=C(NCc1ccnc2ccccc12)N(C)CCc1cccs1.I. The molecule has 0 aliphatic rings. The Kier molecular flexibility index (Phi) is 7.64. The van der Waals surface area contributed by atoms with E-state index in [1.54, 1.807) is 11.3 Å². The molecule has 2 heterocycles. The topological polar surface area (TPSA) is 40.5 Å². The maximum Gasteiger partial charge on any atom is 0.193 e. The Labute approximate surface area is 170 Å². The molecule has 4 nitrogen and oxygen atoms in total. The summed E-state index contributed by atoms with van der Waals surface area (Å²) in [7, 11) is 3.90. The molecular weight excluding hydrogens is 443 g/mol. The van der Waals surface area contributed by atoms with Gasteiger partial charge in [-0.2, -0.15) is 0 Å². The summed E-state index contributed by atoms with van der Waals surface area (Å²) >= 11 is 1.80. The van der Waals surface area contributed by atoms with Gasteiger partial charge in [-0.15, -0.1) is 35.3 Å². The van der Waals surface area contributed by atoms with Gasteiger partial charge in [0.1, 0.15) is 0 Å². The van der Waals surface area contributed by atoms with Crippen molar-refractivity contribution in [1.82, 2.24) is 15.2 Å². The average Bonchev–Trinajstić information content (AvgIpc) is 3.14. The highest BCUT2D eigenvalue weighted by Crippen LogP contribution is 2.16. The first-order valence-corrected chi connectivity index (χ1v) is 8.92. The van der Waals surface area contributed by atoms with E-state index in [-0.39, 0.29) is 24.0 Å². The van der Waals surface area contributed by atoms with Crippen molar-refractivity contribution in [2.24, 2.45) is 4.99 Å². The minimum atomic E-state index is 0. The summed E-state index contributed by atoms with van der Waals surface area (Å²) < 4.78 is 0. The van der Waals surface area contributed by atoms with Crippen molar-refractivity contribution in [3.8, 4) is 0 Å². The van der Waals surface area contributed by atoms with E-state index in [1.165, 1.54) is 15.8 Å². The van der Waals surface area contributed by atoms with Crippen LogP contribution in [0.5, 0.6) is 0 Å². The van der Waals surface area contributed by atoms with E-state index < -0.39 is 0 Å². The molecule has 3 aromatic rings. The number of aromatic nitrogens is 1. The van der Waals surface area contributed by atoms with Gasteiger partial charge in [0.05, 0.1) is 5.52 Å². The first-order valence-electron chi connectivity index (χ1n) is 8.04. The van der Waals surface area contributed by atoms with Gasteiger partial charge in [-0.1, -0.05) is 24.3 Å². The highest BCUT2D eigenvalue weighted by molar-refractivity contribution is 14.0. The fourth-order valence-corrected chi connectivity index (χ4v) is 3.41. The maximum atomic E-state index is 4.41. The summed E-state index contributed by atoms with van der Waals surface area (Å²) in [5.41, 5.74) is 2.26. The molecule has 6 heteroatoms. The van der Waals surface area contributed by atoms with Crippen molar-refractivity contribution in [1.29, 1.82) is 0 Å². The molecule has 1 aromatic carbocycles. The first-order chi connectivity index (χ1) is 11.8. The largest absolute Gasteiger partial charge is 0.352 e. The fourth-order valence-electron chi connectivity index (χ4n) is 2.71. The second-order valence-corrected chi connectivity index (χ2v) is 6.67. The van der Waals surface area contributed by atoms with Crippen LogP contribution in [0, 0.1) is 0 Å². The van der Waals surface area contributed by atoms with E-state index >= 15 is 0 Å². The zero-order chi connectivity index (χ0) is 16.8. The summed E-state index contributed by atoms with van der Waals surface area (Å²) in [6.45, 7) is 1.68. The number of thiophene rings is 1. The molecule has 0 fully saturated rings. The van der Waals surface area contributed by atoms with Crippen molar-refractivity contribution < 1.29 is 0 Å². The number of nitrogens with one attached hydrogen (secondary N) is 1. The Morgan fingerprint density at radius 2 is 2.04 bits per heavy atom. The van der Waals surface area contributed by atoms with Crippen LogP contribution in [0.15, 0.2) is 59.0 Å². The smallest absolute Gasteiger partial charge is 0.193 e. The van der Waals surface area contributed by atoms with Gasteiger partial charge in [-0.3, -0.25) is 9.98 Å². The number of rotatable bonds is 5. The van der Waals surface area contributed by atoms with Crippen LogP contribution < -0.4 is 5.32 Å². The Balaban J connectivity index is 0.00000225. The molecule has 0 aliphatic heterocycles. The van der Waals surface area contributed by atoms with Crippen molar-refractivity contribution in [3.05, 3.63) is 64.5 Å². The van der Waals surface area contributed by atoms with Crippen LogP contribution in [-0.4, -0.2) is 36.5 Å². The summed E-state index contributed by atoms with van der Waals surface area (Å²) in [5, 5.41) is 6.77. The lowest BCUT2D eigenvalue weighted by atomic mass is 10.1. The molecule has 0 amide bonds. The number of fused-ring (bicyclic) bond motifs is 1. The summed E-state index contributed by atoms with van der Waals surface area (Å²) in [6.07, 6.45) is 2.90. The van der Waals surface area contributed by atoms with E-state index in [0.717, 1.165) is 31.0 Å². The van der Waals surface area contributed by atoms with Crippen LogP contribution >= 0.6 is 35.3 Å². The van der Waals surface area contributed by atoms with Crippen LogP contribution in [0.25, 0.3) is 10.9 Å². The van der Waals surface area contributed by atoms with Crippen LogP contribution in [0.1, 0.15) is 10.4 Å². The number of hydrogen-bond acceptors (Lipinski definition) is 3. The quantitative estimate of drug-likeness (QED) is 0.349. The number of para-hydroxylation sites is 1. The summed E-state index contributed by atoms with van der Waals surface area (Å²) in [5.74, 6) is 0.910. The van der Waals surface area contributed by atoms with Gasteiger partial charge < -0.3 is 10.2 Å². The van der Waals surface area contributed by atoms with Gasteiger partial charge in [-0.05, 0) is 35.6 Å². The van der Waals surface area contributed by atoms with Gasteiger partial charge in [-0.25, -0.2) is 0 Å². The molecule has 0 bridgehead atoms. The maximum absolute atomic E-state index is 4.41. The monoisotopic (exact) mass is 466 g/mol. The summed E-state index contributed by atoms with van der Waals surface area (Å²) in [4.78, 5) is 12.4. The molecule has 0 atom stereocenters. The van der Waals surface area contributed by atoms with Crippen molar-refractivity contribution in [2.75, 3.05) is 20.6 Å². The van der Waals surface area contributed by atoms with Gasteiger partial charge >= 0.3 is 0 Å². The molecular formula is C19H23IN4S. The Bertz CT molecular complexity index is 812. The number of benzene rings is 1. The van der Waals surface area contributed by atoms with Crippen LogP contribution in [-0.2, 0) is 13.0 Å². The van der Waals surface area contributed by atoms with Gasteiger partial charge in [0.25, 0.3) is 0 Å². The predicted octanol–water partition coefficient (Wildman–Crippen LogP) is 4.16. The minimum Gasteiger partial charge on any atom is -0.352 e. The Hall–Kier alpha value is -1.67. The molecule has 0 radical (unpaired) electrons. The van der Waals surface area contributed by atoms with Crippen molar-refractivity contribution >= 4 is 52.2 Å². The Morgan fingerprint density at radius 1 is 1.20 bits per heavy atom. The number of pyridine rings is 1. The van der Waals surface area contributed by atoms with Crippen LogP contribution in [0.3, 0.4) is 0 Å². The molecule has 2 aromatic heterocycles. The van der Waals surface area contributed by atoms with E-state index in [0.29, 0.717) is 0 Å². The number of hydrogen-bond donors (Lipinski definition) is 1. The number of aliphatic imine (C=N–C) groups is 1. The average molecular weight is 466 g/mol. The van der Waals surface area contributed by atoms with Gasteiger partial charge in [0.2, 0.25) is 0 Å². The van der Waals surface area contributed by atoms with Crippen LogP contribution in [0.4, 0.5) is 0 Å². The third-order valence-corrected chi connectivity index (χ3v) is 4.96. The lowest BCUT2D eigenvalue weighted by molar-refractivity contribution is 0.486. The van der Waals surface area contributed by atoms with Crippen LogP contribution in [0.2, 0.25) is 0 Å². The standard InChI is InChI=1S/C19H22N4S.HI/c1-20-19(23(2)12-10-16-6-5-13-24-16)22-14-15-9-11-21-18-8-4-3-7-17(15)18;/h3-9,11,13H,10,12,14H2,1-2H3,(H,20,22);1H. The molecule has 0 unspecified atom stereocenters. The number of guanidine groups is 1. The third-order valence-electron chi connectivity index (χ3n) is 4.02. The third kappa shape index (κ3) is 5.15. The predicted molar refractivity (Wildman–Crippen MR) is 118 cm³/mol. The number of nitrogens with zero attached hydrogens (tertiary/aromatic N) is 3. The lowest BCUT2D eigenvalue weighted by Crippen LogP contribution is -2.39. The van der Waals surface area contributed by atoms with Crippen molar-refractivity contribution in [2.45, 2.75) is 13.0 Å². The molecule has 3 rings (SSSR count). The van der Waals surface area contributed by atoms with Gasteiger partial charge in [0.15, 0.2) is 5.96 Å². The fraction of sp³-hybridized carbons (Fsp3) is 0.263. The first kappa shape index (κ1) is 19.7. The van der Waals surface area contributed by atoms with E-state index in [9.17, 15) is 0 Å². The number of halogens is 1. The number of likely N-dealkylation sites (N-methyl/N-ethyl adjacent to an activating group) is 1. The highest BCUT2D eigenvalue weighted by Gasteiger charge is 2.08. The van der Waals surface area contributed by atoms with Crippen molar-refractivity contribution in [3.63, 3.8) is 0 Å². The summed E-state index contributed by atoms with van der Waals surface area (Å²) in [6, 6.07) is 14.6. The molecule has 0 aliphatic carbocycles. The van der Waals surface area contributed by atoms with E-state index in [1.807, 2.05) is 25.4 Å². The highest BCUT2D eigenvalue weighted by atomic mass is 127. The molecule has 1 N–H and O–H groups in total. The zero-order valence-corrected chi connectivity index (χ0v) is 17.6. The van der Waals surface area contributed by atoms with Gasteiger partial charge in [0, 0.05) is 43.6 Å². The Morgan fingerprint density at radius 3 is 2.80 bits per heavy atom. The molecule has 0 saturated heterocycles. The minimum absolute atomic E-state index is 0. The molecule has 0 saturated carbocycles. The van der Waals surface area contributed by atoms with E-state index in [4.69, 9.17) is 0 Å². The lowest BCUT2D eigenvalue weighted by Gasteiger charge is -2.22. The van der Waals surface area contributed by atoms with E-state index in [2.05, 4.69) is 63.0 Å². The second-order valence-electron chi connectivity index (χ2n) is 5.64. The molecule has 25 heavy (non-hydrogen) atoms. The molecule has 132 valence electrons. The normalized spacial score (nSPS) is 11.2. The second kappa shape index (κ2) is 9.72. The molecule has 0 spiro atoms. The zero-order valence-electron chi connectivity index (χ0n) is 14.5.